The lowest BCUT2D eigenvalue weighted by Gasteiger charge is -2.37. The van der Waals surface area contributed by atoms with E-state index in [2.05, 4.69) is 63.2 Å². The van der Waals surface area contributed by atoms with E-state index in [-0.39, 0.29) is 22.8 Å². The van der Waals surface area contributed by atoms with Crippen molar-refractivity contribution >= 4 is 29.7 Å². The molecule has 0 spiro atoms. The molecule has 0 aliphatic rings. The average molecular weight is 486 g/mol. The van der Waals surface area contributed by atoms with Gasteiger partial charge in [-0.1, -0.05) is 78.9 Å². The molecule has 0 aliphatic carbocycles. The van der Waals surface area contributed by atoms with Gasteiger partial charge in [-0.25, -0.2) is 4.79 Å². The molecule has 3 nitrogen and oxygen atoms in total. The number of para-hydroxylation sites is 1. The van der Waals surface area contributed by atoms with Crippen molar-refractivity contribution in [2.75, 3.05) is 6.54 Å². The van der Waals surface area contributed by atoms with Crippen molar-refractivity contribution in [1.82, 2.24) is 4.48 Å². The molecule has 0 aromatic heterocycles. The number of hydrogen-bond donors (Lipinski definition) is 1. The van der Waals surface area contributed by atoms with Crippen LogP contribution in [-0.2, 0) is 11.2 Å². The third-order valence-corrected chi connectivity index (χ3v) is 6.91. The smallest absolute Gasteiger partial charge is 0.313 e. The normalized spacial score (nSPS) is 13.4. The highest BCUT2D eigenvalue weighted by Gasteiger charge is 2.45. The maximum Gasteiger partial charge on any atom is 0.345 e. The van der Waals surface area contributed by atoms with Crippen LogP contribution in [0.3, 0.4) is 0 Å². The molecule has 2 N–H and O–H groups in total. The van der Waals surface area contributed by atoms with Gasteiger partial charge in [0.2, 0.25) is 0 Å². The number of benzene rings is 4. The summed E-state index contributed by atoms with van der Waals surface area (Å²) in [4.78, 5) is 14.5. The lowest BCUT2D eigenvalue weighted by molar-refractivity contribution is -0.129. The Morgan fingerprint density at radius 1 is 0.714 bits per heavy atom. The van der Waals surface area contributed by atoms with Crippen LogP contribution in [0, 0.1) is 20.8 Å². The molecule has 0 fully saturated rings. The first-order valence-corrected chi connectivity index (χ1v) is 11.8. The second-order valence-electron chi connectivity index (χ2n) is 9.04. The van der Waals surface area contributed by atoms with Crippen LogP contribution >= 0.6 is 12.4 Å². The Bertz CT molecular complexity index is 1270. The predicted octanol–water partition coefficient (Wildman–Crippen LogP) is 7.14. The van der Waals surface area contributed by atoms with Crippen LogP contribution < -0.4 is 10.2 Å². The maximum atomic E-state index is 14.5. The Balaban J connectivity index is 0.00000342. The van der Waals surface area contributed by atoms with Gasteiger partial charge in [0.15, 0.2) is 0 Å². The van der Waals surface area contributed by atoms with Crippen LogP contribution in [0.15, 0.2) is 103 Å². The summed E-state index contributed by atoms with van der Waals surface area (Å²) in [5.41, 5.74) is 14.2. The number of nitrogens with two attached hydrogens (primary N) is 1. The maximum absolute atomic E-state index is 14.5. The van der Waals surface area contributed by atoms with Crippen molar-refractivity contribution < 1.29 is 4.79 Å². The summed E-state index contributed by atoms with van der Waals surface area (Å²) in [7, 11) is 0. The lowest BCUT2D eigenvalue weighted by Crippen LogP contribution is -2.55. The molecule has 35 heavy (non-hydrogen) atoms. The fourth-order valence-corrected chi connectivity index (χ4v) is 4.64. The number of carbonyl (C=O) groups excluding carboxylic acids is 1. The molecular formula is C31H34ClN2O+. The molecule has 2 atom stereocenters. The second-order valence-corrected chi connectivity index (χ2v) is 9.04. The zero-order chi connectivity index (χ0) is 24.1. The number of halogens is 1. The molecule has 1 unspecified atom stereocenters. The Morgan fingerprint density at radius 3 is 1.94 bits per heavy atom. The SMILES string of the molecule is Cc1ccc([N@@+](CCc2ccccc2C)(C(=O)C(N)c2ccccc2)c2ccccc2)cc1C.Cl. The molecule has 4 heteroatoms. The van der Waals surface area contributed by atoms with Crippen molar-refractivity contribution in [3.63, 3.8) is 0 Å². The summed E-state index contributed by atoms with van der Waals surface area (Å²) in [6.45, 7) is 6.90. The van der Waals surface area contributed by atoms with Gasteiger partial charge in [-0.05, 0) is 48.6 Å². The molecule has 0 saturated heterocycles. The minimum absolute atomic E-state index is 0. The number of amides is 1. The van der Waals surface area contributed by atoms with E-state index in [9.17, 15) is 4.79 Å². The van der Waals surface area contributed by atoms with Crippen molar-refractivity contribution in [2.24, 2.45) is 5.73 Å². The minimum atomic E-state index is -0.750. The molecule has 4 aromatic carbocycles. The van der Waals surface area contributed by atoms with Gasteiger partial charge < -0.3 is 5.73 Å². The van der Waals surface area contributed by atoms with Crippen molar-refractivity contribution in [1.29, 1.82) is 0 Å². The summed E-state index contributed by atoms with van der Waals surface area (Å²) >= 11 is 0. The van der Waals surface area contributed by atoms with Crippen LogP contribution in [-0.4, -0.2) is 12.5 Å². The molecule has 180 valence electrons. The van der Waals surface area contributed by atoms with Gasteiger partial charge in [0, 0.05) is 30.7 Å². The van der Waals surface area contributed by atoms with E-state index in [1.165, 1.54) is 16.7 Å². The Labute approximate surface area is 215 Å². The van der Waals surface area contributed by atoms with Crippen LogP contribution in [0.2, 0.25) is 0 Å². The van der Waals surface area contributed by atoms with E-state index in [1.807, 2.05) is 60.7 Å². The predicted molar refractivity (Wildman–Crippen MR) is 149 cm³/mol. The summed E-state index contributed by atoms with van der Waals surface area (Å²) < 4.78 is 0.0619. The monoisotopic (exact) mass is 485 g/mol. The first-order chi connectivity index (χ1) is 16.4. The van der Waals surface area contributed by atoms with Gasteiger partial charge in [-0.15, -0.1) is 12.4 Å². The highest BCUT2D eigenvalue weighted by molar-refractivity contribution is 5.99. The number of hydrogen-bond acceptors (Lipinski definition) is 2. The summed E-state index contributed by atoms with van der Waals surface area (Å²) in [5.74, 6) is -0.0331. The molecule has 4 aromatic rings. The van der Waals surface area contributed by atoms with Crippen LogP contribution in [0.5, 0.6) is 0 Å². The van der Waals surface area contributed by atoms with Crippen LogP contribution in [0.1, 0.15) is 33.9 Å². The number of rotatable bonds is 7. The molecule has 0 bridgehead atoms. The fourth-order valence-electron chi connectivity index (χ4n) is 4.64. The fraction of sp³-hybridized carbons (Fsp3) is 0.194. The average Bonchev–Trinajstić information content (AvgIpc) is 2.88. The molecule has 0 aliphatic heterocycles. The van der Waals surface area contributed by atoms with Crippen LogP contribution in [0.25, 0.3) is 0 Å². The molecule has 1 amide bonds. The number of aryl methyl sites for hydroxylation is 3. The van der Waals surface area contributed by atoms with Crippen molar-refractivity contribution in [3.05, 3.63) is 131 Å². The number of carbonyl (C=O) groups is 1. The molecule has 0 radical (unpaired) electrons. The quantitative estimate of drug-likeness (QED) is 0.282. The molecular weight excluding hydrogens is 452 g/mol. The second kappa shape index (κ2) is 11.5. The topological polar surface area (TPSA) is 43.1 Å². The van der Waals surface area contributed by atoms with Crippen molar-refractivity contribution in [3.8, 4) is 0 Å². The first kappa shape index (κ1) is 26.4. The standard InChI is InChI=1S/C31H33N2O.ClH/c1-23-18-19-29(22-25(23)3)33(28-16-8-5-9-17-28,21-20-26-13-11-10-12-24(26)2)31(34)30(32)27-14-6-4-7-15-27;/h4-19,22,30H,20-21,32H2,1-3H3;1H/q+1;/t30?,33-;/m0./s1. The van der Waals surface area contributed by atoms with Gasteiger partial charge in [0.25, 0.3) is 0 Å². The van der Waals surface area contributed by atoms with Gasteiger partial charge in [-0.2, -0.15) is 4.48 Å². The summed E-state index contributed by atoms with van der Waals surface area (Å²) in [6, 6.07) is 33.7. The molecule has 0 heterocycles. The van der Waals surface area contributed by atoms with E-state index in [1.54, 1.807) is 0 Å². The molecule has 0 saturated carbocycles. The largest absolute Gasteiger partial charge is 0.345 e. The van der Waals surface area contributed by atoms with E-state index in [0.29, 0.717) is 6.54 Å². The van der Waals surface area contributed by atoms with Gasteiger partial charge in [0.05, 0.1) is 6.54 Å². The van der Waals surface area contributed by atoms with E-state index >= 15 is 0 Å². The van der Waals surface area contributed by atoms with Crippen molar-refractivity contribution in [2.45, 2.75) is 33.2 Å². The number of nitrogens with zero attached hydrogens (tertiary/aromatic N) is 1. The van der Waals surface area contributed by atoms with E-state index in [4.69, 9.17) is 5.73 Å². The van der Waals surface area contributed by atoms with Gasteiger partial charge in [-0.3, -0.25) is 0 Å². The van der Waals surface area contributed by atoms with Gasteiger partial charge in [0.1, 0.15) is 17.4 Å². The van der Waals surface area contributed by atoms with Crippen LogP contribution in [0.4, 0.5) is 11.4 Å². The van der Waals surface area contributed by atoms with E-state index in [0.717, 1.165) is 28.9 Å². The third-order valence-electron chi connectivity index (χ3n) is 6.91. The van der Waals surface area contributed by atoms with Gasteiger partial charge >= 0.3 is 5.91 Å². The zero-order valence-electron chi connectivity index (χ0n) is 20.6. The summed E-state index contributed by atoms with van der Waals surface area (Å²) in [5, 5.41) is 0. The Kier molecular flexibility index (Phi) is 8.63. The Morgan fingerprint density at radius 2 is 1.31 bits per heavy atom. The third kappa shape index (κ3) is 5.38. The first-order valence-electron chi connectivity index (χ1n) is 11.8. The zero-order valence-corrected chi connectivity index (χ0v) is 21.5. The minimum Gasteiger partial charge on any atom is -0.313 e. The molecule has 4 rings (SSSR count). The highest BCUT2D eigenvalue weighted by atomic mass is 35.5. The lowest BCUT2D eigenvalue weighted by atomic mass is 9.98. The Hall–Kier alpha value is -3.24. The van der Waals surface area contributed by atoms with E-state index < -0.39 is 6.04 Å². The number of quaternary nitrogens is 1. The highest BCUT2D eigenvalue weighted by Crippen LogP contribution is 2.39. The summed E-state index contributed by atoms with van der Waals surface area (Å²) in [6.07, 6.45) is 0.752.